The van der Waals surface area contributed by atoms with Gasteiger partial charge in [0, 0.05) is 17.9 Å². The molecule has 1 heterocycles. The smallest absolute Gasteiger partial charge is 0.126 e. The van der Waals surface area contributed by atoms with Crippen molar-refractivity contribution in [2.24, 2.45) is 0 Å². The molecule has 0 radical (unpaired) electrons. The first-order valence-corrected chi connectivity index (χ1v) is 7.30. The Kier molecular flexibility index (Phi) is 3.87. The van der Waals surface area contributed by atoms with E-state index in [9.17, 15) is 9.50 Å². The molecule has 0 aliphatic carbocycles. The highest BCUT2D eigenvalue weighted by Crippen LogP contribution is 2.35. The van der Waals surface area contributed by atoms with Gasteiger partial charge in [-0.25, -0.2) is 4.39 Å². The molecule has 2 aromatic rings. The zero-order chi connectivity index (χ0) is 15.0. The molecule has 3 rings (SSSR count). The molecule has 110 valence electrons. The molecule has 0 saturated carbocycles. The summed E-state index contributed by atoms with van der Waals surface area (Å²) in [6, 6.07) is 8.39. The molecule has 4 heteroatoms. The summed E-state index contributed by atoms with van der Waals surface area (Å²) < 4.78 is 18.9. The van der Waals surface area contributed by atoms with Crippen molar-refractivity contribution in [3.8, 4) is 5.75 Å². The number of fused-ring (bicyclic) bond motifs is 1. The molecule has 0 saturated heterocycles. The molecule has 1 atom stereocenters. The van der Waals surface area contributed by atoms with Crippen molar-refractivity contribution in [1.82, 2.24) is 0 Å². The van der Waals surface area contributed by atoms with Gasteiger partial charge in [0.25, 0.3) is 0 Å². The van der Waals surface area contributed by atoms with Crippen LogP contribution in [0.5, 0.6) is 5.75 Å². The number of aliphatic hydroxyl groups is 1. The van der Waals surface area contributed by atoms with Gasteiger partial charge in [-0.1, -0.05) is 23.7 Å². The molecule has 2 nitrogen and oxygen atoms in total. The van der Waals surface area contributed by atoms with E-state index in [0.29, 0.717) is 29.2 Å². The van der Waals surface area contributed by atoms with Crippen molar-refractivity contribution < 1.29 is 14.2 Å². The van der Waals surface area contributed by atoms with Crippen LogP contribution in [-0.4, -0.2) is 11.7 Å². The van der Waals surface area contributed by atoms with E-state index >= 15 is 0 Å². The van der Waals surface area contributed by atoms with Crippen molar-refractivity contribution in [2.45, 2.75) is 25.9 Å². The molecule has 0 spiro atoms. The number of halogens is 2. The Morgan fingerprint density at radius 1 is 1.33 bits per heavy atom. The molecular weight excluding hydrogens is 291 g/mol. The van der Waals surface area contributed by atoms with Gasteiger partial charge in [0.05, 0.1) is 12.7 Å². The maximum Gasteiger partial charge on any atom is 0.126 e. The van der Waals surface area contributed by atoms with Gasteiger partial charge in [0.1, 0.15) is 11.6 Å². The van der Waals surface area contributed by atoms with Crippen LogP contribution in [0.1, 0.15) is 28.4 Å². The molecule has 1 unspecified atom stereocenters. The van der Waals surface area contributed by atoms with Crippen molar-refractivity contribution in [3.05, 3.63) is 63.4 Å². The second-order valence-corrected chi connectivity index (χ2v) is 5.82. The van der Waals surface area contributed by atoms with Gasteiger partial charge in [-0.3, -0.25) is 0 Å². The Hall–Kier alpha value is -1.58. The van der Waals surface area contributed by atoms with Gasteiger partial charge < -0.3 is 9.84 Å². The Morgan fingerprint density at radius 2 is 2.14 bits per heavy atom. The first kappa shape index (κ1) is 14.4. The molecule has 0 aromatic heterocycles. The average Bonchev–Trinajstić information content (AvgIpc) is 2.90. The van der Waals surface area contributed by atoms with Crippen LogP contribution >= 0.6 is 11.6 Å². The lowest BCUT2D eigenvalue weighted by molar-refractivity contribution is 0.177. The summed E-state index contributed by atoms with van der Waals surface area (Å²) in [5, 5.41) is 11.0. The van der Waals surface area contributed by atoms with Gasteiger partial charge in [-0.2, -0.15) is 0 Å². The van der Waals surface area contributed by atoms with E-state index in [1.54, 1.807) is 19.1 Å². The minimum atomic E-state index is -0.712. The highest BCUT2D eigenvalue weighted by molar-refractivity contribution is 6.30. The first-order valence-electron chi connectivity index (χ1n) is 6.93. The van der Waals surface area contributed by atoms with E-state index in [1.807, 2.05) is 12.1 Å². The summed E-state index contributed by atoms with van der Waals surface area (Å²) in [7, 11) is 0. The third-order valence-corrected chi connectivity index (χ3v) is 4.02. The van der Waals surface area contributed by atoms with Crippen molar-refractivity contribution in [1.29, 1.82) is 0 Å². The number of ether oxygens (including phenoxy) is 1. The fourth-order valence-electron chi connectivity index (χ4n) is 2.70. The third kappa shape index (κ3) is 2.89. The van der Waals surface area contributed by atoms with Crippen molar-refractivity contribution >= 4 is 11.6 Å². The molecular formula is C17H16ClFO2. The SMILES string of the molecule is Cc1cc(C(O)Cc2cc(Cl)cc3c2OCC3)ccc1F. The second kappa shape index (κ2) is 5.66. The van der Waals surface area contributed by atoms with E-state index in [0.717, 1.165) is 23.3 Å². The molecule has 0 amide bonds. The van der Waals surface area contributed by atoms with Crippen molar-refractivity contribution in [3.63, 3.8) is 0 Å². The maximum atomic E-state index is 13.3. The van der Waals surface area contributed by atoms with Crippen LogP contribution in [0.2, 0.25) is 5.02 Å². The summed E-state index contributed by atoms with van der Waals surface area (Å²) in [5.74, 6) is 0.565. The lowest BCUT2D eigenvalue weighted by atomic mass is 9.97. The second-order valence-electron chi connectivity index (χ2n) is 5.38. The van der Waals surface area contributed by atoms with E-state index in [-0.39, 0.29) is 5.82 Å². The van der Waals surface area contributed by atoms with Crippen molar-refractivity contribution in [2.75, 3.05) is 6.61 Å². The fourth-order valence-corrected chi connectivity index (χ4v) is 2.96. The lowest BCUT2D eigenvalue weighted by Gasteiger charge is -2.15. The number of aryl methyl sites for hydroxylation is 1. The summed E-state index contributed by atoms with van der Waals surface area (Å²) in [5.41, 5.74) is 3.20. The average molecular weight is 307 g/mol. The molecule has 1 aliphatic heterocycles. The van der Waals surface area contributed by atoms with E-state index in [2.05, 4.69) is 0 Å². The van der Waals surface area contributed by atoms with Gasteiger partial charge >= 0.3 is 0 Å². The van der Waals surface area contributed by atoms with Gasteiger partial charge in [0.15, 0.2) is 0 Å². The van der Waals surface area contributed by atoms with Crippen LogP contribution in [-0.2, 0) is 12.8 Å². The summed E-state index contributed by atoms with van der Waals surface area (Å²) in [4.78, 5) is 0. The summed E-state index contributed by atoms with van der Waals surface area (Å²) in [6.45, 7) is 2.33. The number of hydrogen-bond acceptors (Lipinski definition) is 2. The van der Waals surface area contributed by atoms with E-state index < -0.39 is 6.10 Å². The molecule has 1 N–H and O–H groups in total. The van der Waals surface area contributed by atoms with Gasteiger partial charge in [0.2, 0.25) is 0 Å². The topological polar surface area (TPSA) is 29.5 Å². The normalized spacial score (nSPS) is 14.7. The summed E-state index contributed by atoms with van der Waals surface area (Å²) >= 11 is 6.12. The number of aliphatic hydroxyl groups excluding tert-OH is 1. The maximum absolute atomic E-state index is 13.3. The largest absolute Gasteiger partial charge is 0.493 e. The van der Waals surface area contributed by atoms with Crippen LogP contribution in [0.4, 0.5) is 4.39 Å². The Labute approximate surface area is 128 Å². The predicted molar refractivity (Wildman–Crippen MR) is 80.5 cm³/mol. The lowest BCUT2D eigenvalue weighted by Crippen LogP contribution is -2.04. The minimum absolute atomic E-state index is 0.266. The monoisotopic (exact) mass is 306 g/mol. The molecule has 0 fully saturated rings. The first-order chi connectivity index (χ1) is 10.0. The van der Waals surface area contributed by atoms with Crippen LogP contribution in [0.15, 0.2) is 30.3 Å². The number of hydrogen-bond donors (Lipinski definition) is 1. The van der Waals surface area contributed by atoms with Crippen LogP contribution < -0.4 is 4.74 Å². The van der Waals surface area contributed by atoms with Crippen LogP contribution in [0, 0.1) is 12.7 Å². The Balaban J connectivity index is 1.88. The predicted octanol–water partition coefficient (Wildman–Crippen LogP) is 4.00. The Morgan fingerprint density at radius 3 is 2.90 bits per heavy atom. The summed E-state index contributed by atoms with van der Waals surface area (Å²) in [6.07, 6.45) is 0.527. The highest BCUT2D eigenvalue weighted by atomic mass is 35.5. The molecule has 2 aromatic carbocycles. The molecule has 1 aliphatic rings. The quantitative estimate of drug-likeness (QED) is 0.929. The molecule has 0 bridgehead atoms. The minimum Gasteiger partial charge on any atom is -0.493 e. The van der Waals surface area contributed by atoms with Gasteiger partial charge in [-0.15, -0.1) is 0 Å². The van der Waals surface area contributed by atoms with Crippen LogP contribution in [0.25, 0.3) is 0 Å². The number of benzene rings is 2. The molecule has 21 heavy (non-hydrogen) atoms. The third-order valence-electron chi connectivity index (χ3n) is 3.81. The van der Waals surface area contributed by atoms with Crippen LogP contribution in [0.3, 0.4) is 0 Å². The van der Waals surface area contributed by atoms with E-state index in [1.165, 1.54) is 6.07 Å². The fraction of sp³-hybridized carbons (Fsp3) is 0.294. The highest BCUT2D eigenvalue weighted by Gasteiger charge is 2.20. The standard InChI is InChI=1S/C17H16ClFO2/c1-10-6-11(2-3-15(10)19)16(20)9-13-8-14(18)7-12-4-5-21-17(12)13/h2-3,6-8,16,20H,4-5,9H2,1H3. The zero-order valence-corrected chi connectivity index (χ0v) is 12.5. The van der Waals surface area contributed by atoms with Gasteiger partial charge in [-0.05, 0) is 47.4 Å². The zero-order valence-electron chi connectivity index (χ0n) is 11.7. The Bertz CT molecular complexity index is 685. The van der Waals surface area contributed by atoms with E-state index in [4.69, 9.17) is 16.3 Å². The number of rotatable bonds is 3.